The first-order valence-electron chi connectivity index (χ1n) is 11.3. The lowest BCUT2D eigenvalue weighted by atomic mass is 9.82. The molecule has 0 bridgehead atoms. The van der Waals surface area contributed by atoms with Gasteiger partial charge < -0.3 is 18.9 Å². The van der Waals surface area contributed by atoms with Gasteiger partial charge in [0.05, 0.1) is 12.0 Å². The fraction of sp³-hybridized carbons (Fsp3) is 0.458. The summed E-state index contributed by atoms with van der Waals surface area (Å²) in [6.07, 6.45) is -3.29. The zero-order valence-electron chi connectivity index (χ0n) is 20.0. The van der Waals surface area contributed by atoms with Gasteiger partial charge in [0.1, 0.15) is 11.2 Å². The number of halogens is 3. The van der Waals surface area contributed by atoms with E-state index in [4.69, 9.17) is 21.1 Å². The lowest BCUT2D eigenvalue weighted by Gasteiger charge is -2.49. The van der Waals surface area contributed by atoms with E-state index in [1.807, 2.05) is 0 Å². The number of nitrogens with zero attached hydrogens (tertiary/aromatic N) is 2. The molecule has 1 aromatic carbocycles. The highest BCUT2D eigenvalue weighted by molar-refractivity contribution is 6.29. The predicted octanol–water partition coefficient (Wildman–Crippen LogP) is 3.66. The van der Waals surface area contributed by atoms with Crippen LogP contribution in [0, 0.1) is 5.92 Å². The van der Waals surface area contributed by atoms with Crippen molar-refractivity contribution in [3.8, 4) is 11.5 Å². The third-order valence-electron chi connectivity index (χ3n) is 5.88. The van der Waals surface area contributed by atoms with Gasteiger partial charge in [0.2, 0.25) is 5.91 Å². The predicted molar refractivity (Wildman–Crippen MR) is 123 cm³/mol. The largest absolute Gasteiger partial charge is 0.586 e. The van der Waals surface area contributed by atoms with Gasteiger partial charge in [-0.1, -0.05) is 23.7 Å². The van der Waals surface area contributed by atoms with Crippen LogP contribution in [0.25, 0.3) is 0 Å². The monoisotopic (exact) mass is 525 g/mol. The second-order valence-electron chi connectivity index (χ2n) is 8.83. The molecule has 0 aliphatic carbocycles. The second kappa shape index (κ2) is 10.2. The Bertz CT molecular complexity index is 1130. The summed E-state index contributed by atoms with van der Waals surface area (Å²) in [4.78, 5) is 31.5. The Morgan fingerprint density at radius 1 is 1.22 bits per heavy atom. The first-order chi connectivity index (χ1) is 17.0. The number of rotatable bonds is 9. The maximum absolute atomic E-state index is 13.4. The number of methoxy groups -OCH3 is 1. The van der Waals surface area contributed by atoms with Crippen molar-refractivity contribution in [1.82, 2.24) is 15.2 Å². The normalized spacial score (nSPS) is 21.8. The quantitative estimate of drug-likeness (QED) is 0.229. The summed E-state index contributed by atoms with van der Waals surface area (Å²) in [7, 11) is 1.39. The van der Waals surface area contributed by atoms with E-state index in [1.54, 1.807) is 45.2 Å². The molecule has 12 heteroatoms. The molecule has 0 saturated carbocycles. The Balaban J connectivity index is 1.52. The van der Waals surface area contributed by atoms with E-state index in [9.17, 15) is 18.4 Å². The zero-order chi connectivity index (χ0) is 26.2. The van der Waals surface area contributed by atoms with Crippen molar-refractivity contribution in [3.05, 3.63) is 52.8 Å². The third kappa shape index (κ3) is 5.37. The van der Waals surface area contributed by atoms with Crippen LogP contribution in [0.2, 0.25) is 5.15 Å². The Hall–Kier alpha value is -3.02. The minimum Gasteiger partial charge on any atom is -0.461 e. The van der Waals surface area contributed by atoms with Crippen molar-refractivity contribution >= 4 is 23.5 Å². The molecule has 1 aromatic heterocycles. The molecule has 1 fully saturated rings. The summed E-state index contributed by atoms with van der Waals surface area (Å²) in [5.74, 6) is -1.73. The lowest BCUT2D eigenvalue weighted by molar-refractivity contribution is -0.286. The average Bonchev–Trinajstić information content (AvgIpc) is 3.13. The molecule has 1 N–H and O–H groups in total. The molecule has 2 aromatic rings. The Kier molecular flexibility index (Phi) is 7.35. The number of likely N-dealkylation sites (tertiary alicyclic amines) is 1. The lowest BCUT2D eigenvalue weighted by Crippen LogP contribution is -2.71. The minimum absolute atomic E-state index is 0.0758. The van der Waals surface area contributed by atoms with Crippen LogP contribution in [0.1, 0.15) is 37.9 Å². The van der Waals surface area contributed by atoms with Crippen LogP contribution in [-0.4, -0.2) is 53.7 Å². The van der Waals surface area contributed by atoms with Crippen LogP contribution in [0.5, 0.6) is 11.5 Å². The highest BCUT2D eigenvalue weighted by atomic mass is 35.5. The molecule has 3 heterocycles. The van der Waals surface area contributed by atoms with Gasteiger partial charge in [0.25, 0.3) is 0 Å². The van der Waals surface area contributed by atoms with Crippen molar-refractivity contribution in [2.24, 2.45) is 5.92 Å². The van der Waals surface area contributed by atoms with Gasteiger partial charge in [-0.3, -0.25) is 15.0 Å². The maximum Gasteiger partial charge on any atom is 0.586 e. The van der Waals surface area contributed by atoms with Gasteiger partial charge in [-0.05, 0) is 56.5 Å². The SMILES string of the molecule is COC(NC(C)c1ccc2c(c1)OC(F)(F)O2)N1C(=O)[C@H](Cc2ccc(Cl)nc2)C1C(=O)OC(C)C. The molecular formula is C24H26ClF2N3O6. The first kappa shape index (κ1) is 26.1. The molecule has 0 radical (unpaired) electrons. The molecule has 1 amide bonds. The number of amides is 1. The topological polar surface area (TPSA) is 99.2 Å². The Labute approximate surface area is 211 Å². The van der Waals surface area contributed by atoms with E-state index in [-0.39, 0.29) is 29.9 Å². The maximum atomic E-state index is 13.4. The van der Waals surface area contributed by atoms with E-state index in [0.29, 0.717) is 10.7 Å². The van der Waals surface area contributed by atoms with Crippen molar-refractivity contribution in [2.75, 3.05) is 7.11 Å². The molecule has 2 aliphatic heterocycles. The van der Waals surface area contributed by atoms with Crippen molar-refractivity contribution in [2.45, 2.75) is 58.0 Å². The van der Waals surface area contributed by atoms with Crippen molar-refractivity contribution in [3.63, 3.8) is 0 Å². The van der Waals surface area contributed by atoms with E-state index in [1.165, 1.54) is 24.1 Å². The van der Waals surface area contributed by atoms with Crippen LogP contribution in [-0.2, 0) is 25.5 Å². The molecule has 4 atom stereocenters. The number of alkyl halides is 2. The van der Waals surface area contributed by atoms with Crippen LogP contribution in [0.15, 0.2) is 36.5 Å². The van der Waals surface area contributed by atoms with E-state index < -0.39 is 36.6 Å². The van der Waals surface area contributed by atoms with E-state index in [2.05, 4.69) is 19.8 Å². The van der Waals surface area contributed by atoms with Gasteiger partial charge in [-0.25, -0.2) is 9.78 Å². The van der Waals surface area contributed by atoms with Crippen LogP contribution < -0.4 is 14.8 Å². The molecule has 3 unspecified atom stereocenters. The van der Waals surface area contributed by atoms with E-state index in [0.717, 1.165) is 5.56 Å². The van der Waals surface area contributed by atoms with Crippen LogP contribution in [0.3, 0.4) is 0 Å². The number of carbonyl (C=O) groups excluding carboxylic acids is 2. The van der Waals surface area contributed by atoms with Gasteiger partial charge in [-0.15, -0.1) is 8.78 Å². The molecule has 9 nitrogen and oxygen atoms in total. The highest BCUT2D eigenvalue weighted by Gasteiger charge is 2.55. The average molecular weight is 526 g/mol. The summed E-state index contributed by atoms with van der Waals surface area (Å²) in [5.41, 5.74) is 1.32. The highest BCUT2D eigenvalue weighted by Crippen LogP contribution is 2.42. The summed E-state index contributed by atoms with van der Waals surface area (Å²) in [6.45, 7) is 5.19. The molecule has 1 saturated heterocycles. The summed E-state index contributed by atoms with van der Waals surface area (Å²) in [6, 6.07) is 6.35. The number of pyridine rings is 1. The molecule has 36 heavy (non-hydrogen) atoms. The molecule has 0 spiro atoms. The number of hydrogen-bond donors (Lipinski definition) is 1. The minimum atomic E-state index is -3.73. The number of carbonyl (C=O) groups is 2. The third-order valence-corrected chi connectivity index (χ3v) is 6.11. The number of nitrogens with one attached hydrogen (secondary N) is 1. The van der Waals surface area contributed by atoms with Gasteiger partial charge in [-0.2, -0.15) is 0 Å². The fourth-order valence-electron chi connectivity index (χ4n) is 4.20. The number of aromatic nitrogens is 1. The number of esters is 1. The van der Waals surface area contributed by atoms with Crippen LogP contribution >= 0.6 is 11.6 Å². The smallest absolute Gasteiger partial charge is 0.461 e. The van der Waals surface area contributed by atoms with Gasteiger partial charge in [0, 0.05) is 19.3 Å². The van der Waals surface area contributed by atoms with Crippen molar-refractivity contribution in [1.29, 1.82) is 0 Å². The number of hydrogen-bond acceptors (Lipinski definition) is 8. The number of β-lactam (4-membered cyclic amide) rings is 1. The standard InChI is InChI=1S/C24H26ClF2N3O6/c1-12(2)34-22(32)20-16(9-14-5-8-19(25)28-11-14)21(31)30(20)23(33-4)29-13(3)15-6-7-17-18(10-15)36-24(26,27)35-17/h5-8,10-13,16,20,23,29H,9H2,1-4H3/t13?,16-,20?,23?/m1/s1. The van der Waals surface area contributed by atoms with Gasteiger partial charge >= 0.3 is 12.3 Å². The summed E-state index contributed by atoms with van der Waals surface area (Å²) in [5, 5.41) is 3.44. The molecular weight excluding hydrogens is 500 g/mol. The van der Waals surface area contributed by atoms with Crippen LogP contribution in [0.4, 0.5) is 8.78 Å². The van der Waals surface area contributed by atoms with Crippen molar-refractivity contribution < 1.29 is 37.3 Å². The molecule has 194 valence electrons. The summed E-state index contributed by atoms with van der Waals surface area (Å²) < 4.78 is 46.7. The second-order valence-corrected chi connectivity index (χ2v) is 9.21. The number of ether oxygens (including phenoxy) is 4. The fourth-order valence-corrected chi connectivity index (χ4v) is 4.32. The first-order valence-corrected chi connectivity index (χ1v) is 11.7. The molecule has 4 rings (SSSR count). The number of benzene rings is 1. The Morgan fingerprint density at radius 3 is 2.58 bits per heavy atom. The molecule has 2 aliphatic rings. The summed E-state index contributed by atoms with van der Waals surface area (Å²) >= 11 is 5.85. The number of fused-ring (bicyclic) bond motifs is 1. The Morgan fingerprint density at radius 2 is 1.94 bits per heavy atom. The van der Waals surface area contributed by atoms with E-state index >= 15 is 0 Å². The zero-order valence-corrected chi connectivity index (χ0v) is 20.8. The van der Waals surface area contributed by atoms with Gasteiger partial charge in [0.15, 0.2) is 17.9 Å².